The molecule has 1 aliphatic rings. The molecule has 0 spiro atoms. The van der Waals surface area contributed by atoms with E-state index in [-0.39, 0.29) is 5.91 Å². The van der Waals surface area contributed by atoms with Gasteiger partial charge < -0.3 is 9.47 Å². The molecule has 0 unspecified atom stereocenters. The summed E-state index contributed by atoms with van der Waals surface area (Å²) < 4.78 is 2.21. The van der Waals surface area contributed by atoms with Gasteiger partial charge in [0.15, 0.2) is 0 Å². The number of rotatable bonds is 7. The number of amides is 1. The van der Waals surface area contributed by atoms with Crippen LogP contribution in [0, 0.1) is 0 Å². The van der Waals surface area contributed by atoms with Crippen LogP contribution in [0.5, 0.6) is 0 Å². The lowest BCUT2D eigenvalue weighted by Crippen LogP contribution is -2.33. The minimum atomic E-state index is 0.228. The van der Waals surface area contributed by atoms with E-state index >= 15 is 0 Å². The molecule has 0 atom stereocenters. The van der Waals surface area contributed by atoms with Crippen LogP contribution < -0.4 is 0 Å². The molecule has 1 aliphatic carbocycles. The normalized spacial score (nSPS) is 14.4. The topological polar surface area (TPSA) is 38.1 Å². The monoisotopic (exact) mass is 313 g/mol. The van der Waals surface area contributed by atoms with Crippen molar-refractivity contribution in [2.45, 2.75) is 51.9 Å². The summed E-state index contributed by atoms with van der Waals surface area (Å²) in [7, 11) is 2.10. The molecule has 0 radical (unpaired) electrons. The highest BCUT2D eigenvalue weighted by Gasteiger charge is 2.28. The van der Waals surface area contributed by atoms with Gasteiger partial charge in [-0.3, -0.25) is 4.79 Å². The van der Waals surface area contributed by atoms with Crippen LogP contribution in [0.25, 0.3) is 11.0 Å². The lowest BCUT2D eigenvalue weighted by Gasteiger charge is -2.21. The molecule has 1 aromatic carbocycles. The van der Waals surface area contributed by atoms with Crippen LogP contribution >= 0.6 is 0 Å². The van der Waals surface area contributed by atoms with Gasteiger partial charge in [0.1, 0.15) is 5.82 Å². The number of aromatic nitrogens is 2. The fourth-order valence-corrected chi connectivity index (χ4v) is 3.27. The molecular formula is C19H27N3O. The maximum absolute atomic E-state index is 12.5. The van der Waals surface area contributed by atoms with Crippen LogP contribution in [0.2, 0.25) is 0 Å². The standard InChI is InChI=1S/C19H27N3O/c1-4-10-22(11-5-2)18(23)13-14-6-9-17-16(12-14)20-19(21(17)3)15-7-8-15/h6,9,12,15H,4-5,7-8,10-11,13H2,1-3H3. The molecule has 1 fully saturated rings. The summed E-state index contributed by atoms with van der Waals surface area (Å²) in [5, 5.41) is 0. The third-order valence-corrected chi connectivity index (χ3v) is 4.62. The summed E-state index contributed by atoms with van der Waals surface area (Å²) >= 11 is 0. The van der Waals surface area contributed by atoms with Gasteiger partial charge in [0.25, 0.3) is 0 Å². The number of imidazole rings is 1. The Labute approximate surface area is 138 Å². The number of benzene rings is 1. The zero-order valence-corrected chi connectivity index (χ0v) is 14.5. The van der Waals surface area contributed by atoms with Crippen molar-refractivity contribution in [3.05, 3.63) is 29.6 Å². The van der Waals surface area contributed by atoms with Crippen molar-refractivity contribution in [3.8, 4) is 0 Å². The van der Waals surface area contributed by atoms with Gasteiger partial charge in [0.05, 0.1) is 17.5 Å². The average Bonchev–Trinajstić information content (AvgIpc) is 3.32. The number of hydrogen-bond donors (Lipinski definition) is 0. The van der Waals surface area contributed by atoms with Crippen molar-refractivity contribution in [1.29, 1.82) is 0 Å². The Bertz CT molecular complexity index is 694. The minimum Gasteiger partial charge on any atom is -0.342 e. The fourth-order valence-electron chi connectivity index (χ4n) is 3.27. The van der Waals surface area contributed by atoms with Gasteiger partial charge in [0.2, 0.25) is 5.91 Å². The largest absolute Gasteiger partial charge is 0.342 e. The fraction of sp³-hybridized carbons (Fsp3) is 0.579. The molecule has 23 heavy (non-hydrogen) atoms. The van der Waals surface area contributed by atoms with Gasteiger partial charge in [-0.2, -0.15) is 0 Å². The molecule has 1 heterocycles. The van der Waals surface area contributed by atoms with Crippen molar-refractivity contribution in [1.82, 2.24) is 14.5 Å². The van der Waals surface area contributed by atoms with Gasteiger partial charge in [-0.15, -0.1) is 0 Å². The molecule has 0 bridgehead atoms. The lowest BCUT2D eigenvalue weighted by atomic mass is 10.1. The first kappa shape index (κ1) is 16.0. The molecular weight excluding hydrogens is 286 g/mol. The highest BCUT2D eigenvalue weighted by molar-refractivity contribution is 5.82. The van der Waals surface area contributed by atoms with E-state index in [9.17, 15) is 4.79 Å². The second-order valence-corrected chi connectivity index (χ2v) is 6.68. The molecule has 1 aromatic heterocycles. The SMILES string of the molecule is CCCN(CCC)C(=O)Cc1ccc2c(c1)nc(C1CC1)n2C. The molecule has 2 aromatic rings. The second kappa shape index (κ2) is 6.73. The zero-order valence-electron chi connectivity index (χ0n) is 14.5. The summed E-state index contributed by atoms with van der Waals surface area (Å²) in [6.45, 7) is 5.94. The van der Waals surface area contributed by atoms with E-state index in [1.54, 1.807) is 0 Å². The first-order valence-electron chi connectivity index (χ1n) is 8.87. The van der Waals surface area contributed by atoms with Crippen LogP contribution in [-0.2, 0) is 18.3 Å². The Kier molecular flexibility index (Phi) is 4.69. The maximum Gasteiger partial charge on any atom is 0.226 e. The Morgan fingerprint density at radius 3 is 2.57 bits per heavy atom. The summed E-state index contributed by atoms with van der Waals surface area (Å²) in [6, 6.07) is 6.28. The number of carbonyl (C=O) groups excluding carboxylic acids is 1. The van der Waals surface area contributed by atoms with E-state index in [4.69, 9.17) is 4.98 Å². The van der Waals surface area contributed by atoms with Crippen molar-refractivity contribution in [2.75, 3.05) is 13.1 Å². The Hall–Kier alpha value is -1.84. The van der Waals surface area contributed by atoms with E-state index in [2.05, 4.69) is 43.7 Å². The van der Waals surface area contributed by atoms with Crippen LogP contribution in [0.4, 0.5) is 0 Å². The van der Waals surface area contributed by atoms with Crippen molar-refractivity contribution in [3.63, 3.8) is 0 Å². The zero-order chi connectivity index (χ0) is 16.4. The van der Waals surface area contributed by atoms with Crippen molar-refractivity contribution >= 4 is 16.9 Å². The summed E-state index contributed by atoms with van der Waals surface area (Å²) in [4.78, 5) is 19.3. The minimum absolute atomic E-state index is 0.228. The molecule has 0 N–H and O–H groups in total. The molecule has 4 heteroatoms. The van der Waals surface area contributed by atoms with E-state index in [1.165, 1.54) is 24.2 Å². The number of hydrogen-bond acceptors (Lipinski definition) is 2. The van der Waals surface area contributed by atoms with E-state index in [0.717, 1.165) is 37.0 Å². The Morgan fingerprint density at radius 2 is 1.96 bits per heavy atom. The Morgan fingerprint density at radius 1 is 1.26 bits per heavy atom. The van der Waals surface area contributed by atoms with E-state index < -0.39 is 0 Å². The highest BCUT2D eigenvalue weighted by Crippen LogP contribution is 2.40. The second-order valence-electron chi connectivity index (χ2n) is 6.68. The van der Waals surface area contributed by atoms with Crippen molar-refractivity contribution in [2.24, 2.45) is 7.05 Å². The quantitative estimate of drug-likeness (QED) is 0.782. The smallest absolute Gasteiger partial charge is 0.226 e. The highest BCUT2D eigenvalue weighted by atomic mass is 16.2. The van der Waals surface area contributed by atoms with Gasteiger partial charge in [-0.1, -0.05) is 19.9 Å². The summed E-state index contributed by atoms with van der Waals surface area (Å²) in [6.07, 6.45) is 5.01. The first-order valence-corrected chi connectivity index (χ1v) is 8.87. The lowest BCUT2D eigenvalue weighted by molar-refractivity contribution is -0.130. The van der Waals surface area contributed by atoms with Crippen LogP contribution in [0.15, 0.2) is 18.2 Å². The molecule has 1 saturated carbocycles. The van der Waals surface area contributed by atoms with Gasteiger partial charge >= 0.3 is 0 Å². The van der Waals surface area contributed by atoms with Gasteiger partial charge in [-0.05, 0) is 43.4 Å². The molecule has 0 saturated heterocycles. The van der Waals surface area contributed by atoms with Crippen LogP contribution in [0.3, 0.4) is 0 Å². The maximum atomic E-state index is 12.5. The molecule has 1 amide bonds. The number of nitrogens with zero attached hydrogens (tertiary/aromatic N) is 3. The average molecular weight is 313 g/mol. The molecule has 4 nitrogen and oxygen atoms in total. The Balaban J connectivity index is 1.78. The predicted molar refractivity (Wildman–Crippen MR) is 93.6 cm³/mol. The molecule has 124 valence electrons. The third-order valence-electron chi connectivity index (χ3n) is 4.62. The van der Waals surface area contributed by atoms with Gasteiger partial charge in [-0.25, -0.2) is 4.98 Å². The summed E-state index contributed by atoms with van der Waals surface area (Å²) in [5.74, 6) is 2.07. The molecule has 3 rings (SSSR count). The number of aryl methyl sites for hydroxylation is 1. The third kappa shape index (κ3) is 3.41. The van der Waals surface area contributed by atoms with Gasteiger partial charge in [0, 0.05) is 26.1 Å². The van der Waals surface area contributed by atoms with E-state index in [0.29, 0.717) is 12.3 Å². The van der Waals surface area contributed by atoms with Crippen LogP contribution in [-0.4, -0.2) is 33.4 Å². The number of carbonyl (C=O) groups is 1. The number of fused-ring (bicyclic) bond motifs is 1. The van der Waals surface area contributed by atoms with Crippen molar-refractivity contribution < 1.29 is 4.79 Å². The summed E-state index contributed by atoms with van der Waals surface area (Å²) in [5.41, 5.74) is 3.26. The van der Waals surface area contributed by atoms with Crippen LogP contribution in [0.1, 0.15) is 56.8 Å². The molecule has 0 aliphatic heterocycles. The predicted octanol–water partition coefficient (Wildman–Crippen LogP) is 3.64. The van der Waals surface area contributed by atoms with E-state index in [1.807, 2.05) is 4.90 Å². The first-order chi connectivity index (χ1) is 11.1.